The molecule has 0 aliphatic carbocycles. The normalized spacial score (nSPS) is 11.9. The van der Waals surface area contributed by atoms with Crippen LogP contribution in [0.2, 0.25) is 0 Å². The molecule has 0 saturated heterocycles. The Morgan fingerprint density at radius 2 is 1.83 bits per heavy atom. The van der Waals surface area contributed by atoms with Crippen LogP contribution in [0.1, 0.15) is 65.7 Å². The number of nitrogens with zero attached hydrogens (tertiary/aromatic N) is 1. The number of carbonyl (C=O) groups excluding carboxylic acids is 3. The first-order chi connectivity index (χ1) is 10.8. The van der Waals surface area contributed by atoms with Gasteiger partial charge in [0.1, 0.15) is 5.69 Å². The fourth-order valence-corrected chi connectivity index (χ4v) is 2.75. The summed E-state index contributed by atoms with van der Waals surface area (Å²) < 4.78 is 4.72. The van der Waals surface area contributed by atoms with Gasteiger partial charge >= 0.3 is 5.97 Å². The molecule has 1 aromatic heterocycles. The van der Waals surface area contributed by atoms with Crippen molar-refractivity contribution in [3.63, 3.8) is 0 Å². The number of hydrogen-bond acceptors (Lipinski definition) is 4. The highest BCUT2D eigenvalue weighted by Crippen LogP contribution is 2.22. The first-order valence-corrected chi connectivity index (χ1v) is 7.91. The molecule has 0 aliphatic rings. The molecule has 1 aromatic rings. The number of nitrogens with one attached hydrogen (secondary N) is 1. The highest BCUT2D eigenvalue weighted by Gasteiger charge is 2.30. The van der Waals surface area contributed by atoms with Crippen LogP contribution in [0, 0.1) is 13.8 Å². The Morgan fingerprint density at radius 1 is 1.22 bits per heavy atom. The summed E-state index contributed by atoms with van der Waals surface area (Å²) in [7, 11) is 1.30. The standard InChI is InChI=1S/C17H26N2O4/c1-7-9-19(13(20)8-2)12(5)16(21)14-10(3)15(17(22)23-6)18-11(14)4/h12,18H,7-9H2,1-6H3. The summed E-state index contributed by atoms with van der Waals surface area (Å²) in [5.74, 6) is -0.722. The van der Waals surface area contributed by atoms with Gasteiger partial charge in [-0.2, -0.15) is 0 Å². The molecule has 1 unspecified atom stereocenters. The van der Waals surface area contributed by atoms with Gasteiger partial charge in [-0.3, -0.25) is 9.59 Å². The quantitative estimate of drug-likeness (QED) is 0.618. The van der Waals surface area contributed by atoms with Crippen LogP contribution in [0.25, 0.3) is 0 Å². The van der Waals surface area contributed by atoms with Crippen LogP contribution in [0.4, 0.5) is 0 Å². The topological polar surface area (TPSA) is 79.5 Å². The van der Waals surface area contributed by atoms with Crippen LogP contribution >= 0.6 is 0 Å². The maximum absolute atomic E-state index is 12.9. The molecule has 0 fully saturated rings. The fraction of sp³-hybridized carbons (Fsp3) is 0.588. The summed E-state index contributed by atoms with van der Waals surface area (Å²) in [5.41, 5.74) is 1.92. The van der Waals surface area contributed by atoms with E-state index in [0.29, 0.717) is 29.8 Å². The summed E-state index contributed by atoms with van der Waals surface area (Å²) in [6.07, 6.45) is 1.14. The van der Waals surface area contributed by atoms with Crippen LogP contribution in [0.5, 0.6) is 0 Å². The molecule has 1 rings (SSSR count). The van der Waals surface area contributed by atoms with E-state index in [1.165, 1.54) is 7.11 Å². The number of aromatic nitrogens is 1. The van der Waals surface area contributed by atoms with Gasteiger partial charge in [-0.25, -0.2) is 4.79 Å². The second-order valence-corrected chi connectivity index (χ2v) is 5.60. The van der Waals surface area contributed by atoms with Crippen molar-refractivity contribution in [1.82, 2.24) is 9.88 Å². The molecule has 128 valence electrons. The third-order valence-electron chi connectivity index (χ3n) is 4.01. The Kier molecular flexibility index (Phi) is 6.54. The smallest absolute Gasteiger partial charge is 0.354 e. The fourth-order valence-electron chi connectivity index (χ4n) is 2.75. The van der Waals surface area contributed by atoms with Gasteiger partial charge in [0.25, 0.3) is 0 Å². The molecule has 1 N–H and O–H groups in total. The highest BCUT2D eigenvalue weighted by atomic mass is 16.5. The lowest BCUT2D eigenvalue weighted by Gasteiger charge is -2.28. The van der Waals surface area contributed by atoms with E-state index in [1.807, 2.05) is 6.92 Å². The third-order valence-corrected chi connectivity index (χ3v) is 4.01. The Bertz CT molecular complexity index is 604. The van der Waals surface area contributed by atoms with Gasteiger partial charge in [0.2, 0.25) is 5.91 Å². The average molecular weight is 322 g/mol. The van der Waals surface area contributed by atoms with Crippen LogP contribution in [-0.2, 0) is 9.53 Å². The second kappa shape index (κ2) is 7.94. The molecule has 6 heteroatoms. The van der Waals surface area contributed by atoms with Crippen molar-refractivity contribution in [3.05, 3.63) is 22.5 Å². The predicted molar refractivity (Wildman–Crippen MR) is 87.7 cm³/mol. The zero-order chi connectivity index (χ0) is 17.7. The third kappa shape index (κ3) is 3.81. The number of Topliss-reactive ketones (excluding diaryl/α,β-unsaturated/α-hetero) is 1. The number of aryl methyl sites for hydroxylation is 1. The van der Waals surface area contributed by atoms with Crippen molar-refractivity contribution in [2.45, 2.75) is 53.5 Å². The Morgan fingerprint density at radius 3 is 2.30 bits per heavy atom. The zero-order valence-corrected chi connectivity index (χ0v) is 14.8. The predicted octanol–water partition coefficient (Wildman–Crippen LogP) is 2.64. The van der Waals surface area contributed by atoms with E-state index in [2.05, 4.69) is 4.98 Å². The van der Waals surface area contributed by atoms with Gasteiger partial charge in [-0.1, -0.05) is 13.8 Å². The number of H-pyrrole nitrogens is 1. The van der Waals surface area contributed by atoms with E-state index in [4.69, 9.17) is 4.74 Å². The molecule has 0 spiro atoms. The summed E-state index contributed by atoms with van der Waals surface area (Å²) in [6, 6.07) is -0.568. The summed E-state index contributed by atoms with van der Waals surface area (Å²) in [6.45, 7) is 9.47. The number of amides is 1. The molecule has 0 aliphatic heterocycles. The largest absolute Gasteiger partial charge is 0.464 e. The van der Waals surface area contributed by atoms with Crippen molar-refractivity contribution in [2.24, 2.45) is 0 Å². The highest BCUT2D eigenvalue weighted by molar-refractivity contribution is 6.06. The minimum Gasteiger partial charge on any atom is -0.464 e. The molecule has 1 amide bonds. The lowest BCUT2D eigenvalue weighted by Crippen LogP contribution is -2.43. The lowest BCUT2D eigenvalue weighted by molar-refractivity contribution is -0.132. The van der Waals surface area contributed by atoms with Crippen molar-refractivity contribution in [2.75, 3.05) is 13.7 Å². The van der Waals surface area contributed by atoms with E-state index < -0.39 is 12.0 Å². The minimum atomic E-state index is -0.568. The van der Waals surface area contributed by atoms with Crippen LogP contribution in [0.3, 0.4) is 0 Å². The van der Waals surface area contributed by atoms with Crippen molar-refractivity contribution in [3.8, 4) is 0 Å². The molecule has 1 atom stereocenters. The van der Waals surface area contributed by atoms with Crippen LogP contribution < -0.4 is 0 Å². The monoisotopic (exact) mass is 322 g/mol. The molecule has 0 saturated carbocycles. The lowest BCUT2D eigenvalue weighted by atomic mass is 9.99. The summed E-state index contributed by atoms with van der Waals surface area (Å²) in [4.78, 5) is 41.3. The number of ketones is 1. The Balaban J connectivity index is 3.20. The average Bonchev–Trinajstić information content (AvgIpc) is 2.84. The van der Waals surface area contributed by atoms with Gasteiger partial charge in [-0.05, 0) is 32.8 Å². The van der Waals surface area contributed by atoms with Crippen molar-refractivity contribution < 1.29 is 19.1 Å². The van der Waals surface area contributed by atoms with E-state index in [9.17, 15) is 14.4 Å². The molecule has 1 heterocycles. The maximum Gasteiger partial charge on any atom is 0.354 e. The molecule has 0 aromatic carbocycles. The molecule has 0 bridgehead atoms. The van der Waals surface area contributed by atoms with Gasteiger partial charge in [0.05, 0.1) is 13.2 Å². The van der Waals surface area contributed by atoms with Gasteiger partial charge in [0.15, 0.2) is 5.78 Å². The second-order valence-electron chi connectivity index (χ2n) is 5.60. The van der Waals surface area contributed by atoms with Crippen LogP contribution in [-0.4, -0.2) is 47.2 Å². The number of methoxy groups -OCH3 is 1. The first-order valence-electron chi connectivity index (χ1n) is 7.91. The first kappa shape index (κ1) is 18.9. The summed E-state index contributed by atoms with van der Waals surface area (Å²) >= 11 is 0. The Labute approximate surface area is 137 Å². The van der Waals surface area contributed by atoms with E-state index in [1.54, 1.807) is 32.6 Å². The van der Waals surface area contributed by atoms with E-state index in [-0.39, 0.29) is 17.4 Å². The minimum absolute atomic E-state index is 0.0493. The van der Waals surface area contributed by atoms with Gasteiger partial charge < -0.3 is 14.6 Å². The van der Waals surface area contributed by atoms with Crippen LogP contribution in [0.15, 0.2) is 0 Å². The number of ether oxygens (including phenoxy) is 1. The number of rotatable bonds is 7. The Hall–Kier alpha value is -2.11. The van der Waals surface area contributed by atoms with E-state index >= 15 is 0 Å². The van der Waals surface area contributed by atoms with Crippen molar-refractivity contribution >= 4 is 17.7 Å². The number of carbonyl (C=O) groups is 3. The number of esters is 1. The van der Waals surface area contributed by atoms with E-state index in [0.717, 1.165) is 6.42 Å². The molecular formula is C17H26N2O4. The summed E-state index contributed by atoms with van der Waals surface area (Å²) in [5, 5.41) is 0. The zero-order valence-electron chi connectivity index (χ0n) is 14.8. The molecule has 6 nitrogen and oxygen atoms in total. The molecule has 0 radical (unpaired) electrons. The molecular weight excluding hydrogens is 296 g/mol. The van der Waals surface area contributed by atoms with Gasteiger partial charge in [0, 0.05) is 24.2 Å². The molecule has 23 heavy (non-hydrogen) atoms. The number of aromatic amines is 1. The maximum atomic E-state index is 12.9. The number of hydrogen-bond donors (Lipinski definition) is 1. The van der Waals surface area contributed by atoms with Gasteiger partial charge in [-0.15, -0.1) is 0 Å². The SMILES string of the molecule is CCCN(C(=O)CC)C(C)C(=O)c1c(C)[nH]c(C(=O)OC)c1C. The van der Waals surface area contributed by atoms with Crippen molar-refractivity contribution in [1.29, 1.82) is 0 Å².